The molecule has 0 bridgehead atoms. The number of hydrogen-bond acceptors (Lipinski definition) is 5. The number of nitrogens with zero attached hydrogens (tertiary/aromatic N) is 4. The van der Waals surface area contributed by atoms with Gasteiger partial charge in [-0.2, -0.15) is 5.10 Å². The van der Waals surface area contributed by atoms with E-state index in [2.05, 4.69) is 20.3 Å². The molecule has 1 fully saturated rings. The fraction of sp³-hybridized carbons (Fsp3) is 0.588. The van der Waals surface area contributed by atoms with Gasteiger partial charge >= 0.3 is 0 Å². The molecule has 7 nitrogen and oxygen atoms in total. The Hall–Kier alpha value is -1.99. The topological polar surface area (TPSA) is 71.8 Å². The van der Waals surface area contributed by atoms with Gasteiger partial charge in [0.15, 0.2) is 5.65 Å². The van der Waals surface area contributed by atoms with E-state index in [-0.39, 0.29) is 12.0 Å². The van der Waals surface area contributed by atoms with E-state index in [1.54, 1.807) is 0 Å². The highest BCUT2D eigenvalue weighted by atomic mass is 16.5. The van der Waals surface area contributed by atoms with Gasteiger partial charge in [-0.15, -0.1) is 0 Å². The number of amides is 1. The summed E-state index contributed by atoms with van der Waals surface area (Å²) in [5.41, 5.74) is 4.19. The number of ether oxygens (including phenoxy) is 1. The molecular weight excluding hydrogens is 306 g/mol. The number of carbonyl (C=O) groups is 1. The molecule has 1 N–H and O–H groups in total. The van der Waals surface area contributed by atoms with E-state index in [1.807, 2.05) is 30.6 Å². The predicted molar refractivity (Wildman–Crippen MR) is 90.8 cm³/mol. The second-order valence-electron chi connectivity index (χ2n) is 6.44. The zero-order valence-corrected chi connectivity index (χ0v) is 14.6. The van der Waals surface area contributed by atoms with Gasteiger partial charge in [-0.1, -0.05) is 0 Å². The molecule has 0 aliphatic carbocycles. The molecule has 2 aromatic rings. The first-order valence-corrected chi connectivity index (χ1v) is 8.42. The van der Waals surface area contributed by atoms with E-state index in [0.717, 1.165) is 55.3 Å². The molecule has 1 amide bonds. The third-order valence-electron chi connectivity index (χ3n) is 4.31. The van der Waals surface area contributed by atoms with Crippen molar-refractivity contribution >= 4 is 11.6 Å². The first kappa shape index (κ1) is 16.9. The molecule has 3 rings (SSSR count). The Morgan fingerprint density at radius 2 is 2.29 bits per heavy atom. The second-order valence-corrected chi connectivity index (χ2v) is 6.44. The lowest BCUT2D eigenvalue weighted by Gasteiger charge is -2.32. The maximum Gasteiger partial charge on any atom is 0.216 e. The number of nitrogens with one attached hydrogen (secondary N) is 1. The van der Waals surface area contributed by atoms with Gasteiger partial charge in [0.1, 0.15) is 0 Å². The van der Waals surface area contributed by atoms with Crippen molar-refractivity contribution in [2.75, 3.05) is 26.2 Å². The van der Waals surface area contributed by atoms with Crippen molar-refractivity contribution in [2.24, 2.45) is 0 Å². The first-order valence-electron chi connectivity index (χ1n) is 8.42. The van der Waals surface area contributed by atoms with Crippen molar-refractivity contribution in [3.8, 4) is 0 Å². The Morgan fingerprint density at radius 3 is 3.08 bits per heavy atom. The van der Waals surface area contributed by atoms with Crippen LogP contribution in [0.25, 0.3) is 5.65 Å². The maximum atomic E-state index is 11.0. The van der Waals surface area contributed by atoms with Crippen molar-refractivity contribution in [3.05, 3.63) is 29.2 Å². The molecule has 0 spiro atoms. The Bertz CT molecular complexity index is 727. The summed E-state index contributed by atoms with van der Waals surface area (Å²) in [5.74, 6) is 0.00540. The lowest BCUT2D eigenvalue weighted by atomic mass is 10.2. The summed E-state index contributed by atoms with van der Waals surface area (Å²) in [6, 6.07) is 2.04. The molecule has 2 aromatic heterocycles. The summed E-state index contributed by atoms with van der Waals surface area (Å²) in [5, 5.41) is 7.29. The third-order valence-corrected chi connectivity index (χ3v) is 4.31. The SMILES string of the molecule is CC(=O)NCCC1CN(Cc2cnn3c(C)cc(C)nc23)CCO1. The largest absolute Gasteiger partial charge is 0.375 e. The fourth-order valence-electron chi connectivity index (χ4n) is 3.18. The molecule has 1 aliphatic rings. The van der Waals surface area contributed by atoms with Crippen molar-refractivity contribution in [3.63, 3.8) is 0 Å². The standard InChI is InChI=1S/C17H25N5O2/c1-12-8-13(2)22-17(20-12)15(9-19-22)10-21-6-7-24-16(11-21)4-5-18-14(3)23/h8-9,16H,4-7,10-11H2,1-3H3,(H,18,23). The van der Waals surface area contributed by atoms with Crippen LogP contribution in [0, 0.1) is 13.8 Å². The molecule has 0 saturated carbocycles. The molecule has 130 valence electrons. The van der Waals surface area contributed by atoms with Crippen LogP contribution in [0.5, 0.6) is 0 Å². The number of aromatic nitrogens is 3. The lowest BCUT2D eigenvalue weighted by Crippen LogP contribution is -2.43. The van der Waals surface area contributed by atoms with Gasteiger partial charge in [0.2, 0.25) is 5.91 Å². The molecule has 0 radical (unpaired) electrons. The van der Waals surface area contributed by atoms with E-state index in [9.17, 15) is 4.79 Å². The van der Waals surface area contributed by atoms with Crippen LogP contribution >= 0.6 is 0 Å². The number of carbonyl (C=O) groups excluding carboxylic acids is 1. The van der Waals surface area contributed by atoms with Crippen LogP contribution in [0.1, 0.15) is 30.3 Å². The summed E-state index contributed by atoms with van der Waals surface area (Å²) >= 11 is 0. The Morgan fingerprint density at radius 1 is 1.46 bits per heavy atom. The molecule has 0 aromatic carbocycles. The van der Waals surface area contributed by atoms with Crippen molar-refractivity contribution in [2.45, 2.75) is 39.8 Å². The molecule has 1 saturated heterocycles. The lowest BCUT2D eigenvalue weighted by molar-refractivity contribution is -0.119. The summed E-state index contributed by atoms with van der Waals surface area (Å²) in [4.78, 5) is 18.0. The van der Waals surface area contributed by atoms with Crippen LogP contribution in [0.2, 0.25) is 0 Å². The zero-order chi connectivity index (χ0) is 17.1. The van der Waals surface area contributed by atoms with Crippen molar-refractivity contribution in [1.29, 1.82) is 0 Å². The monoisotopic (exact) mass is 331 g/mol. The van der Waals surface area contributed by atoms with E-state index >= 15 is 0 Å². The van der Waals surface area contributed by atoms with Gasteiger partial charge in [-0.05, 0) is 26.3 Å². The van der Waals surface area contributed by atoms with Gasteiger partial charge in [0, 0.05) is 50.1 Å². The highest BCUT2D eigenvalue weighted by Crippen LogP contribution is 2.16. The zero-order valence-electron chi connectivity index (χ0n) is 14.6. The predicted octanol–water partition coefficient (Wildman–Crippen LogP) is 1.07. The van der Waals surface area contributed by atoms with Gasteiger partial charge in [0.05, 0.1) is 18.9 Å². The van der Waals surface area contributed by atoms with Crippen LogP contribution in [0.4, 0.5) is 0 Å². The van der Waals surface area contributed by atoms with E-state index in [4.69, 9.17) is 4.74 Å². The van der Waals surface area contributed by atoms with Crippen LogP contribution in [0.3, 0.4) is 0 Å². The number of aryl methyl sites for hydroxylation is 2. The second kappa shape index (κ2) is 7.27. The van der Waals surface area contributed by atoms with Gasteiger partial charge in [-0.25, -0.2) is 9.50 Å². The molecule has 1 atom stereocenters. The van der Waals surface area contributed by atoms with E-state index in [1.165, 1.54) is 6.92 Å². The van der Waals surface area contributed by atoms with Crippen LogP contribution in [-0.2, 0) is 16.1 Å². The minimum atomic E-state index is 0.00540. The van der Waals surface area contributed by atoms with Gasteiger partial charge in [-0.3, -0.25) is 9.69 Å². The normalized spacial score (nSPS) is 18.9. The van der Waals surface area contributed by atoms with Crippen molar-refractivity contribution in [1.82, 2.24) is 24.8 Å². The summed E-state index contributed by atoms with van der Waals surface area (Å²) in [6.07, 6.45) is 2.90. The molecular formula is C17H25N5O2. The minimum absolute atomic E-state index is 0.00540. The van der Waals surface area contributed by atoms with E-state index < -0.39 is 0 Å². The number of fused-ring (bicyclic) bond motifs is 1. The first-order chi connectivity index (χ1) is 11.5. The van der Waals surface area contributed by atoms with E-state index in [0.29, 0.717) is 6.54 Å². The molecule has 1 aliphatic heterocycles. The third kappa shape index (κ3) is 3.91. The molecule has 7 heteroatoms. The summed E-state index contributed by atoms with van der Waals surface area (Å²) in [7, 11) is 0. The highest BCUT2D eigenvalue weighted by molar-refractivity contribution is 5.72. The summed E-state index contributed by atoms with van der Waals surface area (Å²) < 4.78 is 7.71. The highest BCUT2D eigenvalue weighted by Gasteiger charge is 2.21. The average molecular weight is 331 g/mol. The Labute approximate surface area is 142 Å². The van der Waals surface area contributed by atoms with Crippen molar-refractivity contribution < 1.29 is 9.53 Å². The summed E-state index contributed by atoms with van der Waals surface area (Å²) in [6.45, 7) is 9.55. The minimum Gasteiger partial charge on any atom is -0.375 e. The number of morpholine rings is 1. The fourth-order valence-corrected chi connectivity index (χ4v) is 3.18. The Kier molecular flexibility index (Phi) is 5.11. The van der Waals surface area contributed by atoms with Gasteiger partial charge in [0.25, 0.3) is 0 Å². The van der Waals surface area contributed by atoms with Crippen LogP contribution in [-0.4, -0.2) is 57.8 Å². The molecule has 3 heterocycles. The maximum absolute atomic E-state index is 11.0. The van der Waals surface area contributed by atoms with Gasteiger partial charge < -0.3 is 10.1 Å². The van der Waals surface area contributed by atoms with Crippen LogP contribution < -0.4 is 5.32 Å². The number of rotatable bonds is 5. The molecule has 1 unspecified atom stereocenters. The smallest absolute Gasteiger partial charge is 0.216 e. The molecule has 24 heavy (non-hydrogen) atoms. The number of hydrogen-bond donors (Lipinski definition) is 1. The quantitative estimate of drug-likeness (QED) is 0.887. The van der Waals surface area contributed by atoms with Crippen LogP contribution in [0.15, 0.2) is 12.3 Å². The Balaban J connectivity index is 1.64. The average Bonchev–Trinajstić information content (AvgIpc) is 2.90.